The number of benzene rings is 2. The molecular formula is C26H23F2N5O. The van der Waals surface area contributed by atoms with Crippen molar-refractivity contribution in [1.82, 2.24) is 9.97 Å². The Hall–Kier alpha value is -4.25. The van der Waals surface area contributed by atoms with Crippen LogP contribution in [0.4, 0.5) is 26.2 Å². The van der Waals surface area contributed by atoms with Crippen LogP contribution in [0, 0.1) is 23.0 Å². The summed E-state index contributed by atoms with van der Waals surface area (Å²) in [7, 11) is 0. The SMILES string of the molecule is C=CCNc1nc(Nc2ccc(C#N)c(OCC=C)c2)nc2c1CCC2c1ccc(F)cc1F. The Bertz CT molecular complexity index is 1280. The maximum Gasteiger partial charge on any atom is 0.229 e. The van der Waals surface area contributed by atoms with Crippen molar-refractivity contribution in [2.75, 3.05) is 23.8 Å². The van der Waals surface area contributed by atoms with Gasteiger partial charge in [-0.1, -0.05) is 24.8 Å². The fraction of sp³-hybridized carbons (Fsp3) is 0.192. The van der Waals surface area contributed by atoms with E-state index in [1.807, 2.05) is 0 Å². The number of nitrogens with one attached hydrogen (secondary N) is 2. The summed E-state index contributed by atoms with van der Waals surface area (Å²) in [5.74, 6) is -0.190. The number of aromatic nitrogens is 2. The number of fused-ring (bicyclic) bond motifs is 1. The first-order chi connectivity index (χ1) is 16.5. The minimum absolute atomic E-state index is 0.258. The Balaban J connectivity index is 1.72. The van der Waals surface area contributed by atoms with Gasteiger partial charge in [0.25, 0.3) is 0 Å². The van der Waals surface area contributed by atoms with Gasteiger partial charge in [0.1, 0.15) is 35.9 Å². The van der Waals surface area contributed by atoms with E-state index in [1.165, 1.54) is 12.1 Å². The van der Waals surface area contributed by atoms with Gasteiger partial charge < -0.3 is 15.4 Å². The van der Waals surface area contributed by atoms with Crippen molar-refractivity contribution < 1.29 is 13.5 Å². The number of nitrogens with zero attached hydrogens (tertiary/aromatic N) is 3. The molecule has 0 fully saturated rings. The standard InChI is InChI=1S/C26H23F2N5O/c1-3-11-30-25-21-10-9-20(19-8-6-17(27)13-22(19)28)24(21)32-26(33-25)31-18-7-5-16(15-29)23(14-18)34-12-4-2/h3-8,13-14,20H,1-2,9-12H2,(H2,30,31,32,33). The first-order valence-corrected chi connectivity index (χ1v) is 10.8. The smallest absolute Gasteiger partial charge is 0.229 e. The highest BCUT2D eigenvalue weighted by molar-refractivity contribution is 5.63. The molecule has 0 radical (unpaired) electrons. The van der Waals surface area contributed by atoms with Crippen molar-refractivity contribution in [2.45, 2.75) is 18.8 Å². The van der Waals surface area contributed by atoms with Crippen LogP contribution in [-0.4, -0.2) is 23.1 Å². The van der Waals surface area contributed by atoms with Gasteiger partial charge in [0.05, 0.1) is 11.3 Å². The maximum absolute atomic E-state index is 14.6. The summed E-state index contributed by atoms with van der Waals surface area (Å²) in [5.41, 5.74) is 3.00. The molecule has 8 heteroatoms. The molecule has 1 aromatic heterocycles. The summed E-state index contributed by atoms with van der Waals surface area (Å²) >= 11 is 0. The third kappa shape index (κ3) is 4.74. The molecular weight excluding hydrogens is 436 g/mol. The highest BCUT2D eigenvalue weighted by atomic mass is 19.1. The summed E-state index contributed by atoms with van der Waals surface area (Å²) < 4.78 is 33.7. The second kappa shape index (κ2) is 10.1. The van der Waals surface area contributed by atoms with Crippen LogP contribution < -0.4 is 15.4 Å². The number of ether oxygens (including phenoxy) is 1. The van der Waals surface area contributed by atoms with Gasteiger partial charge in [-0.2, -0.15) is 10.2 Å². The molecule has 1 aliphatic carbocycles. The molecule has 0 saturated carbocycles. The van der Waals surface area contributed by atoms with Crippen LogP contribution in [-0.2, 0) is 6.42 Å². The van der Waals surface area contributed by atoms with E-state index < -0.39 is 11.6 Å². The average Bonchev–Trinajstić information content (AvgIpc) is 3.25. The van der Waals surface area contributed by atoms with Gasteiger partial charge in [-0.05, 0) is 36.6 Å². The number of anilines is 3. The molecule has 0 amide bonds. The largest absolute Gasteiger partial charge is 0.488 e. The molecule has 1 heterocycles. The zero-order chi connectivity index (χ0) is 24.1. The molecule has 0 bridgehead atoms. The van der Waals surface area contributed by atoms with E-state index in [-0.39, 0.29) is 12.5 Å². The minimum atomic E-state index is -0.617. The molecule has 1 unspecified atom stereocenters. The molecule has 0 aliphatic heterocycles. The van der Waals surface area contributed by atoms with Crippen LogP contribution in [0.2, 0.25) is 0 Å². The summed E-state index contributed by atoms with van der Waals surface area (Å²) in [4.78, 5) is 9.32. The van der Waals surface area contributed by atoms with Gasteiger partial charge in [-0.3, -0.25) is 0 Å². The number of nitriles is 1. The molecule has 3 aromatic rings. The topological polar surface area (TPSA) is 82.9 Å². The zero-order valence-corrected chi connectivity index (χ0v) is 18.4. The van der Waals surface area contributed by atoms with Crippen LogP contribution in [0.5, 0.6) is 5.75 Å². The van der Waals surface area contributed by atoms with Crippen molar-refractivity contribution in [2.24, 2.45) is 0 Å². The first kappa shape index (κ1) is 22.9. The number of hydrogen-bond donors (Lipinski definition) is 2. The monoisotopic (exact) mass is 459 g/mol. The summed E-state index contributed by atoms with van der Waals surface area (Å²) in [6, 6.07) is 10.8. The Morgan fingerprint density at radius 3 is 2.74 bits per heavy atom. The summed E-state index contributed by atoms with van der Waals surface area (Å²) in [6.07, 6.45) is 4.61. The first-order valence-electron chi connectivity index (χ1n) is 10.8. The maximum atomic E-state index is 14.6. The number of hydrogen-bond acceptors (Lipinski definition) is 6. The van der Waals surface area contributed by atoms with Crippen LogP contribution in [0.15, 0.2) is 61.7 Å². The van der Waals surface area contributed by atoms with Crippen LogP contribution in [0.25, 0.3) is 0 Å². The fourth-order valence-corrected chi connectivity index (χ4v) is 4.01. The predicted molar refractivity (Wildman–Crippen MR) is 127 cm³/mol. The van der Waals surface area contributed by atoms with Gasteiger partial charge in [-0.25, -0.2) is 13.8 Å². The lowest BCUT2D eigenvalue weighted by molar-refractivity contribution is 0.362. The summed E-state index contributed by atoms with van der Waals surface area (Å²) in [6.45, 7) is 8.12. The van der Waals surface area contributed by atoms with E-state index in [4.69, 9.17) is 9.72 Å². The van der Waals surface area contributed by atoms with E-state index in [2.05, 4.69) is 34.8 Å². The molecule has 172 valence electrons. The zero-order valence-electron chi connectivity index (χ0n) is 18.4. The van der Waals surface area contributed by atoms with E-state index in [0.717, 1.165) is 11.6 Å². The highest BCUT2D eigenvalue weighted by Crippen LogP contribution is 2.41. The van der Waals surface area contributed by atoms with Gasteiger partial charge in [0.2, 0.25) is 5.95 Å². The van der Waals surface area contributed by atoms with Crippen molar-refractivity contribution in [3.63, 3.8) is 0 Å². The van der Waals surface area contributed by atoms with Gasteiger partial charge in [-0.15, -0.1) is 6.58 Å². The highest BCUT2D eigenvalue weighted by Gasteiger charge is 2.31. The number of rotatable bonds is 9. The van der Waals surface area contributed by atoms with Crippen LogP contribution >= 0.6 is 0 Å². The van der Waals surface area contributed by atoms with E-state index in [9.17, 15) is 14.0 Å². The summed E-state index contributed by atoms with van der Waals surface area (Å²) in [5, 5.41) is 15.7. The second-order valence-electron chi connectivity index (χ2n) is 7.73. The van der Waals surface area contributed by atoms with E-state index in [1.54, 1.807) is 30.4 Å². The molecule has 2 N–H and O–H groups in total. The minimum Gasteiger partial charge on any atom is -0.488 e. The Kier molecular flexibility index (Phi) is 6.83. The molecule has 1 aliphatic rings. The third-order valence-corrected chi connectivity index (χ3v) is 5.52. The van der Waals surface area contributed by atoms with Gasteiger partial charge in [0, 0.05) is 35.8 Å². The van der Waals surface area contributed by atoms with Crippen LogP contribution in [0.1, 0.15) is 34.7 Å². The molecule has 1 atom stereocenters. The fourth-order valence-electron chi connectivity index (χ4n) is 4.01. The third-order valence-electron chi connectivity index (χ3n) is 5.52. The van der Waals surface area contributed by atoms with Gasteiger partial charge in [0.15, 0.2) is 0 Å². The Morgan fingerprint density at radius 1 is 1.15 bits per heavy atom. The lowest BCUT2D eigenvalue weighted by Crippen LogP contribution is -2.10. The second-order valence-corrected chi connectivity index (χ2v) is 7.73. The molecule has 0 saturated heterocycles. The average molecular weight is 460 g/mol. The van der Waals surface area contributed by atoms with E-state index in [0.29, 0.717) is 59.4 Å². The van der Waals surface area contributed by atoms with Crippen molar-refractivity contribution in [1.29, 1.82) is 5.26 Å². The molecule has 4 rings (SSSR count). The lowest BCUT2D eigenvalue weighted by Gasteiger charge is -2.16. The quantitative estimate of drug-likeness (QED) is 0.405. The molecule has 34 heavy (non-hydrogen) atoms. The Labute approximate surface area is 196 Å². The number of halogens is 2. The van der Waals surface area contributed by atoms with Crippen LogP contribution in [0.3, 0.4) is 0 Å². The Morgan fingerprint density at radius 2 is 2.00 bits per heavy atom. The normalized spacial score (nSPS) is 14.1. The molecule has 6 nitrogen and oxygen atoms in total. The van der Waals surface area contributed by atoms with Gasteiger partial charge >= 0.3 is 0 Å². The van der Waals surface area contributed by atoms with Crippen molar-refractivity contribution >= 4 is 17.5 Å². The van der Waals surface area contributed by atoms with E-state index >= 15 is 0 Å². The van der Waals surface area contributed by atoms with Crippen molar-refractivity contribution in [3.8, 4) is 11.8 Å². The molecule has 0 spiro atoms. The predicted octanol–water partition coefficient (Wildman–Crippen LogP) is 5.61. The molecule has 2 aromatic carbocycles. The van der Waals surface area contributed by atoms with Crippen molar-refractivity contribution in [3.05, 3.63) is 95.7 Å². The lowest BCUT2D eigenvalue weighted by atomic mass is 9.96.